The first-order valence-electron chi connectivity index (χ1n) is 5.26. The average molecular weight is 227 g/mol. The van der Waals surface area contributed by atoms with Crippen LogP contribution in [0, 0.1) is 0 Å². The monoisotopic (exact) mass is 227 g/mol. The highest BCUT2D eigenvalue weighted by atomic mass is 16.3. The van der Waals surface area contributed by atoms with Gasteiger partial charge in [-0.3, -0.25) is 0 Å². The predicted octanol–water partition coefficient (Wildman–Crippen LogP) is 3.27. The number of aromatic nitrogens is 1. The van der Waals surface area contributed by atoms with Crippen molar-refractivity contribution in [2.45, 2.75) is 0 Å². The summed E-state index contributed by atoms with van der Waals surface area (Å²) in [4.78, 5) is 2.81. The van der Waals surface area contributed by atoms with Gasteiger partial charge in [0.25, 0.3) is 0 Å². The minimum Gasteiger partial charge on any atom is -0.508 e. The number of aromatic amines is 1. The molecule has 86 valence electrons. The van der Waals surface area contributed by atoms with Gasteiger partial charge < -0.3 is 15.2 Å². The molecule has 0 aliphatic carbocycles. The van der Waals surface area contributed by atoms with E-state index in [4.69, 9.17) is 10.2 Å². The molecule has 3 aromatic rings. The number of benzene rings is 2. The maximum absolute atomic E-state index is 9.00. The van der Waals surface area contributed by atoms with Gasteiger partial charge >= 0.3 is 0 Å². The average Bonchev–Trinajstić information content (AvgIpc) is 2.71. The molecule has 0 bridgehead atoms. The van der Waals surface area contributed by atoms with Crippen LogP contribution in [0.4, 0.5) is 0 Å². The van der Waals surface area contributed by atoms with Crippen molar-refractivity contribution in [3.05, 3.63) is 60.7 Å². The fraction of sp³-hybridized carbons (Fsp3) is 0. The molecule has 0 saturated carbocycles. The normalized spacial score (nSPS) is 9.65. The van der Waals surface area contributed by atoms with Gasteiger partial charge in [-0.2, -0.15) is 0 Å². The Kier molecular flexibility index (Phi) is 3.31. The van der Waals surface area contributed by atoms with E-state index >= 15 is 0 Å². The van der Waals surface area contributed by atoms with Crippen LogP contribution in [0.2, 0.25) is 0 Å². The maximum atomic E-state index is 9.00. The molecule has 1 aromatic heterocycles. The smallest absolute Gasteiger partial charge is 0.189 e. The lowest BCUT2D eigenvalue weighted by Crippen LogP contribution is -1.62. The zero-order valence-electron chi connectivity index (χ0n) is 9.17. The molecule has 3 rings (SSSR count). The van der Waals surface area contributed by atoms with Gasteiger partial charge in [-0.05, 0) is 18.2 Å². The Labute approximate surface area is 99.0 Å². The predicted molar refractivity (Wildman–Crippen MR) is 68.1 cm³/mol. The molecule has 0 unspecified atom stereocenters. The number of H-pyrrole nitrogens is 1. The molecule has 17 heavy (non-hydrogen) atoms. The summed E-state index contributed by atoms with van der Waals surface area (Å²) < 4.78 is 0. The lowest BCUT2D eigenvalue weighted by molar-refractivity contribution is 0.458. The summed E-state index contributed by atoms with van der Waals surface area (Å²) in [5.41, 5.74) is 0.972. The molecule has 3 heteroatoms. The third-order valence-electron chi connectivity index (χ3n) is 2.27. The Morgan fingerprint density at radius 2 is 1.41 bits per heavy atom. The van der Waals surface area contributed by atoms with Crippen molar-refractivity contribution in [2.24, 2.45) is 0 Å². The summed E-state index contributed by atoms with van der Waals surface area (Å²) in [6.07, 6.45) is 0. The number of fused-ring (bicyclic) bond motifs is 1. The molecule has 1 heterocycles. The number of hydrogen-bond donors (Lipinski definition) is 3. The molecular weight excluding hydrogens is 214 g/mol. The van der Waals surface area contributed by atoms with Crippen LogP contribution >= 0.6 is 0 Å². The van der Waals surface area contributed by atoms with Crippen molar-refractivity contribution < 1.29 is 10.2 Å². The first kappa shape index (κ1) is 11.1. The second-order valence-corrected chi connectivity index (χ2v) is 3.58. The van der Waals surface area contributed by atoms with E-state index in [1.807, 2.05) is 30.3 Å². The third-order valence-corrected chi connectivity index (χ3v) is 2.27. The quantitative estimate of drug-likeness (QED) is 0.552. The van der Waals surface area contributed by atoms with Crippen LogP contribution in [-0.4, -0.2) is 15.2 Å². The van der Waals surface area contributed by atoms with E-state index in [9.17, 15) is 0 Å². The van der Waals surface area contributed by atoms with Crippen molar-refractivity contribution in [3.63, 3.8) is 0 Å². The second kappa shape index (κ2) is 5.07. The molecule has 0 atom stereocenters. The molecule has 0 fully saturated rings. The van der Waals surface area contributed by atoms with Crippen LogP contribution in [0.3, 0.4) is 0 Å². The van der Waals surface area contributed by atoms with Crippen molar-refractivity contribution >= 4 is 10.9 Å². The van der Waals surface area contributed by atoms with E-state index in [0.29, 0.717) is 5.75 Å². The summed E-state index contributed by atoms with van der Waals surface area (Å²) >= 11 is 0. The lowest BCUT2D eigenvalue weighted by Gasteiger charge is -1.83. The van der Waals surface area contributed by atoms with Gasteiger partial charge in [0, 0.05) is 17.0 Å². The van der Waals surface area contributed by atoms with Gasteiger partial charge in [0.1, 0.15) is 5.75 Å². The molecular formula is C14H13NO2. The van der Waals surface area contributed by atoms with Crippen molar-refractivity contribution in [1.29, 1.82) is 0 Å². The number of hydrogen-bond acceptors (Lipinski definition) is 2. The molecule has 0 saturated heterocycles. The van der Waals surface area contributed by atoms with E-state index < -0.39 is 0 Å². The standard InChI is InChI=1S/C8H7NO.C6H6O/c10-8-5-6-3-1-2-4-7(6)9-8;7-6-4-2-1-3-5-6/h1-5,9-10H;1-5,7H. The van der Waals surface area contributed by atoms with Gasteiger partial charge in [0.15, 0.2) is 5.88 Å². The van der Waals surface area contributed by atoms with Crippen LogP contribution in [0.15, 0.2) is 60.7 Å². The molecule has 0 aliphatic heterocycles. The molecule has 3 nitrogen and oxygen atoms in total. The summed E-state index contributed by atoms with van der Waals surface area (Å²) in [5.74, 6) is 0.545. The van der Waals surface area contributed by atoms with E-state index in [1.54, 1.807) is 30.3 Å². The van der Waals surface area contributed by atoms with Crippen LogP contribution in [0.1, 0.15) is 0 Å². The van der Waals surface area contributed by atoms with Gasteiger partial charge in [-0.1, -0.05) is 36.4 Å². The molecule has 0 amide bonds. The minimum absolute atomic E-state index is 0.223. The molecule has 0 radical (unpaired) electrons. The van der Waals surface area contributed by atoms with E-state index in [0.717, 1.165) is 10.9 Å². The molecule has 2 aromatic carbocycles. The minimum atomic E-state index is 0.223. The zero-order valence-corrected chi connectivity index (χ0v) is 9.17. The van der Waals surface area contributed by atoms with Crippen molar-refractivity contribution in [3.8, 4) is 11.6 Å². The Bertz CT molecular complexity index is 554. The number of phenolic OH excluding ortho intramolecular Hbond substituents is 1. The Hall–Kier alpha value is -2.42. The first-order valence-corrected chi connectivity index (χ1v) is 5.26. The number of rotatable bonds is 0. The summed E-state index contributed by atoms with van der Waals surface area (Å²) in [5, 5.41) is 18.7. The van der Waals surface area contributed by atoms with E-state index in [-0.39, 0.29) is 5.88 Å². The first-order chi connectivity index (χ1) is 8.25. The van der Waals surface area contributed by atoms with Gasteiger partial charge in [-0.25, -0.2) is 0 Å². The second-order valence-electron chi connectivity index (χ2n) is 3.58. The van der Waals surface area contributed by atoms with Gasteiger partial charge in [0.05, 0.1) is 0 Å². The van der Waals surface area contributed by atoms with Crippen LogP contribution in [0.5, 0.6) is 11.6 Å². The SMILES string of the molecule is Oc1cc2ccccc2[nH]1.Oc1ccccc1. The van der Waals surface area contributed by atoms with E-state index in [1.165, 1.54) is 0 Å². The number of phenols is 1. The summed E-state index contributed by atoms with van der Waals surface area (Å²) in [7, 11) is 0. The fourth-order valence-corrected chi connectivity index (χ4v) is 1.49. The topological polar surface area (TPSA) is 56.2 Å². The van der Waals surface area contributed by atoms with Crippen molar-refractivity contribution in [1.82, 2.24) is 4.98 Å². The third kappa shape index (κ3) is 3.01. The molecule has 0 aliphatic rings. The van der Waals surface area contributed by atoms with Crippen molar-refractivity contribution in [2.75, 3.05) is 0 Å². The highest BCUT2D eigenvalue weighted by molar-refractivity contribution is 5.80. The van der Waals surface area contributed by atoms with E-state index in [2.05, 4.69) is 4.98 Å². The van der Waals surface area contributed by atoms with Crippen LogP contribution in [-0.2, 0) is 0 Å². The molecule has 3 N–H and O–H groups in total. The van der Waals surface area contributed by atoms with Gasteiger partial charge in [-0.15, -0.1) is 0 Å². The highest BCUT2D eigenvalue weighted by Gasteiger charge is 1.94. The highest BCUT2D eigenvalue weighted by Crippen LogP contribution is 2.17. The Morgan fingerprint density at radius 1 is 0.765 bits per heavy atom. The lowest BCUT2D eigenvalue weighted by atomic mass is 10.3. The van der Waals surface area contributed by atoms with Crippen LogP contribution < -0.4 is 0 Å². The maximum Gasteiger partial charge on any atom is 0.189 e. The summed E-state index contributed by atoms with van der Waals surface area (Å²) in [6, 6.07) is 18.2. The number of nitrogens with one attached hydrogen (secondary N) is 1. The fourth-order valence-electron chi connectivity index (χ4n) is 1.49. The largest absolute Gasteiger partial charge is 0.508 e. The summed E-state index contributed by atoms with van der Waals surface area (Å²) in [6.45, 7) is 0. The number of aromatic hydroxyl groups is 2. The Balaban J connectivity index is 0.000000136. The zero-order chi connectivity index (χ0) is 12.1. The van der Waals surface area contributed by atoms with Gasteiger partial charge in [0.2, 0.25) is 0 Å². The van der Waals surface area contributed by atoms with Crippen LogP contribution in [0.25, 0.3) is 10.9 Å². The molecule has 0 spiro atoms. The Morgan fingerprint density at radius 3 is 2.00 bits per heavy atom. The number of para-hydroxylation sites is 2.